The highest BCUT2D eigenvalue weighted by molar-refractivity contribution is 5.95. The molecule has 0 radical (unpaired) electrons. The van der Waals surface area contributed by atoms with Crippen LogP contribution >= 0.6 is 0 Å². The van der Waals surface area contributed by atoms with Gasteiger partial charge in [-0.3, -0.25) is 4.79 Å². The van der Waals surface area contributed by atoms with Crippen LogP contribution in [0.4, 0.5) is 0 Å². The van der Waals surface area contributed by atoms with E-state index < -0.39 is 5.79 Å². The molecule has 18 heavy (non-hydrogen) atoms. The first-order valence-corrected chi connectivity index (χ1v) is 6.72. The average Bonchev–Trinajstić information content (AvgIpc) is 2.83. The van der Waals surface area contributed by atoms with Crippen molar-refractivity contribution in [1.82, 2.24) is 0 Å². The second kappa shape index (κ2) is 4.07. The second-order valence-electron chi connectivity index (χ2n) is 5.57. The van der Waals surface area contributed by atoms with Gasteiger partial charge in [-0.05, 0) is 24.8 Å². The van der Waals surface area contributed by atoms with Crippen LogP contribution in [0.15, 0.2) is 11.3 Å². The predicted octanol–water partition coefficient (Wildman–Crippen LogP) is 2.18. The number of Topliss-reactive ketones (excluding diaryl/α,β-unsaturated/α-hetero) is 1. The fourth-order valence-corrected chi connectivity index (χ4v) is 3.79. The summed E-state index contributed by atoms with van der Waals surface area (Å²) in [5.41, 5.74) is 0.899. The Hall–Kier alpha value is -0.870. The van der Waals surface area contributed by atoms with Crippen LogP contribution in [-0.2, 0) is 19.0 Å². The third-order valence-electron chi connectivity index (χ3n) is 4.78. The number of ether oxygens (including phenoxy) is 3. The number of fused-ring (bicyclic) bond motifs is 2. The Morgan fingerprint density at radius 2 is 1.89 bits per heavy atom. The molecule has 0 aromatic rings. The van der Waals surface area contributed by atoms with Gasteiger partial charge in [0.15, 0.2) is 17.3 Å². The fourth-order valence-electron chi connectivity index (χ4n) is 3.79. The van der Waals surface area contributed by atoms with Crippen molar-refractivity contribution in [1.29, 1.82) is 0 Å². The first kappa shape index (κ1) is 12.2. The van der Waals surface area contributed by atoms with Gasteiger partial charge in [-0.25, -0.2) is 0 Å². The summed E-state index contributed by atoms with van der Waals surface area (Å²) in [7, 11) is 1.59. The Kier molecular flexibility index (Phi) is 2.75. The van der Waals surface area contributed by atoms with E-state index in [0.717, 1.165) is 31.3 Å². The number of hydrogen-bond donors (Lipinski definition) is 0. The number of allylic oxidation sites excluding steroid dienone is 1. The van der Waals surface area contributed by atoms with Crippen LogP contribution in [0, 0.1) is 5.41 Å². The zero-order chi connectivity index (χ0) is 12.8. The van der Waals surface area contributed by atoms with Gasteiger partial charge < -0.3 is 14.2 Å². The van der Waals surface area contributed by atoms with Gasteiger partial charge in [-0.1, -0.05) is 6.92 Å². The molecule has 0 amide bonds. The molecule has 1 saturated heterocycles. The molecule has 4 heteroatoms. The van der Waals surface area contributed by atoms with Crippen LogP contribution < -0.4 is 0 Å². The molecule has 1 saturated carbocycles. The summed E-state index contributed by atoms with van der Waals surface area (Å²) in [5.74, 6) is 0.160. The second-order valence-corrected chi connectivity index (χ2v) is 5.57. The Morgan fingerprint density at radius 3 is 2.56 bits per heavy atom. The van der Waals surface area contributed by atoms with Crippen molar-refractivity contribution in [3.63, 3.8) is 0 Å². The Labute approximate surface area is 107 Å². The van der Waals surface area contributed by atoms with E-state index in [0.29, 0.717) is 25.4 Å². The molecule has 0 aromatic heterocycles. The molecular formula is C14H20O4. The third-order valence-corrected chi connectivity index (χ3v) is 4.78. The maximum atomic E-state index is 12.0. The molecule has 1 heterocycles. The van der Waals surface area contributed by atoms with E-state index >= 15 is 0 Å². The van der Waals surface area contributed by atoms with E-state index in [-0.39, 0.29) is 11.2 Å². The van der Waals surface area contributed by atoms with Crippen LogP contribution in [0.5, 0.6) is 0 Å². The summed E-state index contributed by atoms with van der Waals surface area (Å²) >= 11 is 0. The molecule has 1 atom stereocenters. The van der Waals surface area contributed by atoms with Gasteiger partial charge in [0.1, 0.15) is 0 Å². The topological polar surface area (TPSA) is 44.8 Å². The standard InChI is InChI=1S/C14H20O4/c1-13-7-5-11(15)12(16-2)10(13)4-3-6-14(13)17-8-9-18-14/h3-9H2,1-2H3/t13-/m0/s1. The number of ketones is 1. The van der Waals surface area contributed by atoms with E-state index in [1.807, 2.05) is 0 Å². The van der Waals surface area contributed by atoms with Gasteiger partial charge in [0.2, 0.25) is 0 Å². The minimum atomic E-state index is -0.523. The van der Waals surface area contributed by atoms with Crippen molar-refractivity contribution in [2.45, 2.75) is 44.8 Å². The van der Waals surface area contributed by atoms with E-state index in [2.05, 4.69) is 6.92 Å². The van der Waals surface area contributed by atoms with Gasteiger partial charge in [0.25, 0.3) is 0 Å². The van der Waals surface area contributed by atoms with Gasteiger partial charge in [-0.15, -0.1) is 0 Å². The lowest BCUT2D eigenvalue weighted by Gasteiger charge is -2.51. The van der Waals surface area contributed by atoms with Gasteiger partial charge in [0.05, 0.1) is 20.3 Å². The van der Waals surface area contributed by atoms with E-state index in [1.54, 1.807) is 7.11 Å². The highest BCUT2D eigenvalue weighted by Gasteiger charge is 2.59. The van der Waals surface area contributed by atoms with E-state index in [4.69, 9.17) is 14.2 Å². The number of methoxy groups -OCH3 is 1. The summed E-state index contributed by atoms with van der Waals surface area (Å²) in [5, 5.41) is 0. The van der Waals surface area contributed by atoms with Crippen LogP contribution in [0.2, 0.25) is 0 Å². The van der Waals surface area contributed by atoms with Crippen LogP contribution in [0.3, 0.4) is 0 Å². The van der Waals surface area contributed by atoms with Crippen molar-refractivity contribution in [3.05, 3.63) is 11.3 Å². The minimum Gasteiger partial charge on any atom is -0.493 e. The van der Waals surface area contributed by atoms with Crippen LogP contribution in [0.1, 0.15) is 39.0 Å². The maximum Gasteiger partial charge on any atom is 0.197 e. The minimum absolute atomic E-state index is 0.125. The van der Waals surface area contributed by atoms with Gasteiger partial charge in [-0.2, -0.15) is 0 Å². The maximum absolute atomic E-state index is 12.0. The summed E-state index contributed by atoms with van der Waals surface area (Å²) in [4.78, 5) is 12.0. The highest BCUT2D eigenvalue weighted by Crippen LogP contribution is 2.57. The smallest absolute Gasteiger partial charge is 0.197 e. The van der Waals surface area contributed by atoms with Crippen molar-refractivity contribution in [2.24, 2.45) is 5.41 Å². The molecule has 0 bridgehead atoms. The molecule has 1 aliphatic heterocycles. The molecular weight excluding hydrogens is 232 g/mol. The van der Waals surface area contributed by atoms with Gasteiger partial charge >= 0.3 is 0 Å². The molecule has 3 rings (SSSR count). The number of rotatable bonds is 1. The van der Waals surface area contributed by atoms with Gasteiger partial charge in [0, 0.05) is 18.3 Å². The van der Waals surface area contributed by atoms with E-state index in [9.17, 15) is 4.79 Å². The molecule has 3 aliphatic rings. The average molecular weight is 252 g/mol. The number of carbonyl (C=O) groups is 1. The predicted molar refractivity (Wildman–Crippen MR) is 64.9 cm³/mol. The molecule has 0 N–H and O–H groups in total. The normalized spacial score (nSPS) is 34.9. The fraction of sp³-hybridized carbons (Fsp3) is 0.786. The lowest BCUT2D eigenvalue weighted by atomic mass is 9.61. The first-order chi connectivity index (χ1) is 8.63. The molecule has 1 spiro atoms. The Morgan fingerprint density at radius 1 is 1.17 bits per heavy atom. The number of carbonyl (C=O) groups excluding carboxylic acids is 1. The Balaban J connectivity index is 2.10. The summed E-state index contributed by atoms with van der Waals surface area (Å²) in [6.07, 6.45) is 4.15. The molecule has 4 nitrogen and oxygen atoms in total. The van der Waals surface area contributed by atoms with Crippen molar-refractivity contribution in [3.8, 4) is 0 Å². The number of hydrogen-bond acceptors (Lipinski definition) is 4. The van der Waals surface area contributed by atoms with Crippen molar-refractivity contribution in [2.75, 3.05) is 20.3 Å². The molecule has 0 unspecified atom stereocenters. The zero-order valence-electron chi connectivity index (χ0n) is 11.1. The highest BCUT2D eigenvalue weighted by atomic mass is 16.7. The van der Waals surface area contributed by atoms with Crippen LogP contribution in [-0.4, -0.2) is 31.9 Å². The zero-order valence-corrected chi connectivity index (χ0v) is 11.1. The Bertz CT molecular complexity index is 406. The third kappa shape index (κ3) is 1.42. The SMILES string of the molecule is COC1=C2CCCC3(OCCO3)[C@@]2(C)CCC1=O. The summed E-state index contributed by atoms with van der Waals surface area (Å²) in [6.45, 7) is 3.47. The van der Waals surface area contributed by atoms with Crippen molar-refractivity contribution >= 4 is 5.78 Å². The van der Waals surface area contributed by atoms with Crippen LogP contribution in [0.25, 0.3) is 0 Å². The summed E-state index contributed by atoms with van der Waals surface area (Å²) in [6, 6.07) is 0. The first-order valence-electron chi connectivity index (χ1n) is 6.72. The quantitative estimate of drug-likeness (QED) is 0.717. The molecule has 0 aromatic carbocycles. The molecule has 100 valence electrons. The lowest BCUT2D eigenvalue weighted by Crippen LogP contribution is -2.53. The van der Waals surface area contributed by atoms with Crippen molar-refractivity contribution < 1.29 is 19.0 Å². The molecule has 2 aliphatic carbocycles. The van der Waals surface area contributed by atoms with E-state index in [1.165, 1.54) is 0 Å². The monoisotopic (exact) mass is 252 g/mol. The lowest BCUT2D eigenvalue weighted by molar-refractivity contribution is -0.238. The molecule has 2 fully saturated rings. The summed E-state index contributed by atoms with van der Waals surface area (Å²) < 4.78 is 17.3. The largest absolute Gasteiger partial charge is 0.493 e.